The van der Waals surface area contributed by atoms with E-state index in [0.717, 1.165) is 31.4 Å². The lowest BCUT2D eigenvalue weighted by Crippen LogP contribution is -2.49. The Morgan fingerprint density at radius 2 is 2.23 bits per heavy atom. The van der Waals surface area contributed by atoms with Crippen molar-refractivity contribution >= 4 is 11.9 Å². The summed E-state index contributed by atoms with van der Waals surface area (Å²) in [6, 6.07) is 1.69. The third kappa shape index (κ3) is 2.59. The van der Waals surface area contributed by atoms with E-state index in [1.54, 1.807) is 13.0 Å². The maximum absolute atomic E-state index is 12.7. The highest BCUT2D eigenvalue weighted by Gasteiger charge is 2.37. The van der Waals surface area contributed by atoms with Crippen LogP contribution >= 0.6 is 0 Å². The van der Waals surface area contributed by atoms with Crippen molar-refractivity contribution in [1.82, 2.24) is 9.88 Å². The van der Waals surface area contributed by atoms with Gasteiger partial charge in [0.1, 0.15) is 0 Å². The number of fused-ring (bicyclic) bond motifs is 1. The minimum atomic E-state index is -0.446. The largest absolute Gasteiger partial charge is 0.462 e. The number of amides is 1. The summed E-state index contributed by atoms with van der Waals surface area (Å²) < 4.78 is 4.96. The molecule has 2 atom stereocenters. The van der Waals surface area contributed by atoms with Gasteiger partial charge < -0.3 is 15.4 Å². The van der Waals surface area contributed by atoms with Gasteiger partial charge in [0.2, 0.25) is 0 Å². The first-order valence-electron chi connectivity index (χ1n) is 7.84. The highest BCUT2D eigenvalue weighted by molar-refractivity contribution is 6.00. The maximum Gasteiger partial charge on any atom is 0.339 e. The Kier molecular flexibility index (Phi) is 4.11. The fraction of sp³-hybridized carbons (Fsp3) is 0.562. The number of carbonyl (C=O) groups is 2. The molecule has 1 amide bonds. The van der Waals surface area contributed by atoms with Crippen molar-refractivity contribution in [2.75, 3.05) is 6.61 Å². The predicted molar refractivity (Wildman–Crippen MR) is 80.3 cm³/mol. The molecule has 0 spiro atoms. The molecule has 1 aliphatic carbocycles. The van der Waals surface area contributed by atoms with E-state index in [1.807, 2.05) is 4.90 Å². The number of esters is 1. The quantitative estimate of drug-likeness (QED) is 0.855. The minimum Gasteiger partial charge on any atom is -0.462 e. The van der Waals surface area contributed by atoms with Crippen molar-refractivity contribution in [2.24, 2.45) is 5.73 Å². The van der Waals surface area contributed by atoms with Crippen LogP contribution in [0.15, 0.2) is 12.3 Å². The molecule has 2 heterocycles. The highest BCUT2D eigenvalue weighted by Crippen LogP contribution is 2.30. The van der Waals surface area contributed by atoms with Crippen molar-refractivity contribution in [3.05, 3.63) is 29.1 Å². The molecule has 118 valence electrons. The molecule has 6 nitrogen and oxygen atoms in total. The van der Waals surface area contributed by atoms with Crippen molar-refractivity contribution in [2.45, 2.75) is 51.2 Å². The summed E-state index contributed by atoms with van der Waals surface area (Å²) in [7, 11) is 0. The van der Waals surface area contributed by atoms with Crippen LogP contribution in [0.5, 0.6) is 0 Å². The molecular formula is C16H21N3O3. The molecule has 0 bridgehead atoms. The van der Waals surface area contributed by atoms with Gasteiger partial charge in [0, 0.05) is 18.3 Å². The summed E-state index contributed by atoms with van der Waals surface area (Å²) >= 11 is 0. The van der Waals surface area contributed by atoms with Gasteiger partial charge in [-0.1, -0.05) is 12.8 Å². The van der Waals surface area contributed by atoms with Gasteiger partial charge in [0.25, 0.3) is 5.91 Å². The Morgan fingerprint density at radius 1 is 1.45 bits per heavy atom. The number of aromatic nitrogens is 1. The van der Waals surface area contributed by atoms with Crippen molar-refractivity contribution in [1.29, 1.82) is 0 Å². The molecule has 0 saturated heterocycles. The van der Waals surface area contributed by atoms with Gasteiger partial charge in [-0.05, 0) is 25.8 Å². The van der Waals surface area contributed by atoms with Crippen LogP contribution in [0.1, 0.15) is 59.0 Å². The topological polar surface area (TPSA) is 85.5 Å². The number of hydrogen-bond donors (Lipinski definition) is 1. The van der Waals surface area contributed by atoms with Crippen molar-refractivity contribution in [3.63, 3.8) is 0 Å². The molecule has 22 heavy (non-hydrogen) atoms. The molecule has 0 radical (unpaired) electrons. The SMILES string of the molecule is CCOC(=O)c1cnc2c(c1)C(=O)N([C@@H]1CCCC[C@H]1N)C2. The highest BCUT2D eigenvalue weighted by atomic mass is 16.5. The van der Waals surface area contributed by atoms with E-state index in [9.17, 15) is 9.59 Å². The second-order valence-corrected chi connectivity index (χ2v) is 5.89. The first-order valence-corrected chi connectivity index (χ1v) is 7.84. The zero-order chi connectivity index (χ0) is 15.7. The number of ether oxygens (including phenoxy) is 1. The van der Waals surface area contributed by atoms with Crippen LogP contribution in [-0.4, -0.2) is 40.5 Å². The molecule has 3 rings (SSSR count). The molecule has 1 fully saturated rings. The van der Waals surface area contributed by atoms with E-state index in [2.05, 4.69) is 4.98 Å². The molecule has 0 aromatic carbocycles. The molecule has 1 aromatic heterocycles. The van der Waals surface area contributed by atoms with Crippen LogP contribution in [0, 0.1) is 0 Å². The Balaban J connectivity index is 1.83. The van der Waals surface area contributed by atoms with E-state index < -0.39 is 5.97 Å². The number of pyridine rings is 1. The van der Waals surface area contributed by atoms with Gasteiger partial charge in [-0.3, -0.25) is 9.78 Å². The van der Waals surface area contributed by atoms with Gasteiger partial charge in [0.05, 0.1) is 30.0 Å². The third-order valence-corrected chi connectivity index (χ3v) is 4.47. The second-order valence-electron chi connectivity index (χ2n) is 5.89. The normalized spacial score (nSPS) is 24.3. The zero-order valence-corrected chi connectivity index (χ0v) is 12.7. The fourth-order valence-electron chi connectivity index (χ4n) is 3.31. The van der Waals surface area contributed by atoms with Gasteiger partial charge in [-0.15, -0.1) is 0 Å². The lowest BCUT2D eigenvalue weighted by molar-refractivity contribution is 0.0526. The Bertz CT molecular complexity index is 602. The van der Waals surface area contributed by atoms with Gasteiger partial charge in [-0.2, -0.15) is 0 Å². The van der Waals surface area contributed by atoms with E-state index >= 15 is 0 Å². The van der Waals surface area contributed by atoms with Crippen molar-refractivity contribution < 1.29 is 14.3 Å². The van der Waals surface area contributed by atoms with Gasteiger partial charge in [0.15, 0.2) is 0 Å². The number of nitrogens with zero attached hydrogens (tertiary/aromatic N) is 2. The van der Waals surface area contributed by atoms with E-state index in [4.69, 9.17) is 10.5 Å². The Labute approximate surface area is 129 Å². The molecule has 1 saturated carbocycles. The summed E-state index contributed by atoms with van der Waals surface area (Å²) in [4.78, 5) is 30.5. The number of hydrogen-bond acceptors (Lipinski definition) is 5. The van der Waals surface area contributed by atoms with E-state index in [0.29, 0.717) is 24.3 Å². The van der Waals surface area contributed by atoms with Gasteiger partial charge in [-0.25, -0.2) is 4.79 Å². The summed E-state index contributed by atoms with van der Waals surface area (Å²) in [5.74, 6) is -0.519. The lowest BCUT2D eigenvalue weighted by Gasteiger charge is -2.35. The minimum absolute atomic E-state index is 0.0246. The summed E-state index contributed by atoms with van der Waals surface area (Å²) in [6.07, 6.45) is 5.59. The number of nitrogens with two attached hydrogens (primary N) is 1. The van der Waals surface area contributed by atoms with E-state index in [-0.39, 0.29) is 18.0 Å². The average molecular weight is 303 g/mol. The molecule has 1 aromatic rings. The van der Waals surface area contributed by atoms with Crippen LogP contribution in [0.3, 0.4) is 0 Å². The average Bonchev–Trinajstić information content (AvgIpc) is 2.84. The van der Waals surface area contributed by atoms with Crippen LogP contribution < -0.4 is 5.73 Å². The van der Waals surface area contributed by atoms with Crippen molar-refractivity contribution in [3.8, 4) is 0 Å². The molecule has 6 heteroatoms. The third-order valence-electron chi connectivity index (χ3n) is 4.47. The summed E-state index contributed by atoms with van der Waals surface area (Å²) in [5, 5.41) is 0. The smallest absolute Gasteiger partial charge is 0.339 e. The van der Waals surface area contributed by atoms with Crippen LogP contribution in [-0.2, 0) is 11.3 Å². The molecule has 1 aliphatic heterocycles. The Hall–Kier alpha value is -1.95. The molecule has 2 aliphatic rings. The molecule has 2 N–H and O–H groups in total. The van der Waals surface area contributed by atoms with Crippen LogP contribution in [0.4, 0.5) is 0 Å². The predicted octanol–water partition coefficient (Wildman–Crippen LogP) is 1.48. The van der Waals surface area contributed by atoms with E-state index in [1.165, 1.54) is 6.20 Å². The van der Waals surface area contributed by atoms with Crippen LogP contribution in [0.25, 0.3) is 0 Å². The van der Waals surface area contributed by atoms with Gasteiger partial charge >= 0.3 is 5.97 Å². The first-order chi connectivity index (χ1) is 10.6. The monoisotopic (exact) mass is 303 g/mol. The lowest BCUT2D eigenvalue weighted by atomic mass is 9.90. The first kappa shape index (κ1) is 15.0. The Morgan fingerprint density at radius 3 is 2.95 bits per heavy atom. The number of carbonyl (C=O) groups excluding carboxylic acids is 2. The molecular weight excluding hydrogens is 282 g/mol. The standard InChI is InChI=1S/C16H21N3O3/c1-2-22-16(21)10-7-11-13(18-8-10)9-19(15(11)20)14-6-4-3-5-12(14)17/h7-8,12,14H,2-6,9,17H2,1H3/t12-,14-/m1/s1. The summed E-state index contributed by atoms with van der Waals surface area (Å²) in [5.41, 5.74) is 7.73. The summed E-state index contributed by atoms with van der Waals surface area (Å²) in [6.45, 7) is 2.53. The number of rotatable bonds is 3. The maximum atomic E-state index is 12.7. The molecule has 0 unspecified atom stereocenters. The second kappa shape index (κ2) is 6.04. The fourth-order valence-corrected chi connectivity index (χ4v) is 3.31. The zero-order valence-electron chi connectivity index (χ0n) is 12.7. The van der Waals surface area contributed by atoms with Crippen LogP contribution in [0.2, 0.25) is 0 Å².